The summed E-state index contributed by atoms with van der Waals surface area (Å²) in [6, 6.07) is 12.6. The van der Waals surface area contributed by atoms with Crippen molar-refractivity contribution in [3.05, 3.63) is 53.3 Å². The van der Waals surface area contributed by atoms with Crippen LogP contribution in [-0.4, -0.2) is 36.8 Å². The van der Waals surface area contributed by atoms with Gasteiger partial charge in [0.2, 0.25) is 5.91 Å². The lowest BCUT2D eigenvalue weighted by Crippen LogP contribution is -2.24. The third-order valence-electron chi connectivity index (χ3n) is 4.68. The van der Waals surface area contributed by atoms with E-state index in [4.69, 9.17) is 25.6 Å². The van der Waals surface area contributed by atoms with Crippen molar-refractivity contribution in [3.8, 4) is 23.0 Å². The second-order valence-electron chi connectivity index (χ2n) is 6.41. The smallest absolute Gasteiger partial charge is 0.258 e. The minimum absolute atomic E-state index is 0.0432. The summed E-state index contributed by atoms with van der Waals surface area (Å²) in [5, 5.41) is 4.62. The van der Waals surface area contributed by atoms with Crippen LogP contribution < -0.4 is 14.4 Å². The summed E-state index contributed by atoms with van der Waals surface area (Å²) in [5.74, 6) is 1.95. The molecular weight excluding hydrogens is 382 g/mol. The van der Waals surface area contributed by atoms with Crippen molar-refractivity contribution in [2.45, 2.75) is 12.3 Å². The number of methoxy groups -OCH3 is 2. The van der Waals surface area contributed by atoms with Gasteiger partial charge in [-0.15, -0.1) is 0 Å². The molecule has 3 aromatic rings. The van der Waals surface area contributed by atoms with Crippen molar-refractivity contribution >= 4 is 23.2 Å². The van der Waals surface area contributed by atoms with E-state index in [2.05, 4.69) is 10.1 Å². The number of carbonyl (C=O) groups excluding carboxylic acids is 1. The highest BCUT2D eigenvalue weighted by Gasteiger charge is 2.36. The van der Waals surface area contributed by atoms with Crippen molar-refractivity contribution in [2.24, 2.45) is 0 Å². The third kappa shape index (κ3) is 3.41. The van der Waals surface area contributed by atoms with Crippen molar-refractivity contribution in [3.63, 3.8) is 0 Å². The molecule has 1 fully saturated rings. The summed E-state index contributed by atoms with van der Waals surface area (Å²) in [6.45, 7) is 0.423. The molecule has 2 aromatic carbocycles. The second kappa shape index (κ2) is 7.52. The van der Waals surface area contributed by atoms with E-state index in [-0.39, 0.29) is 18.2 Å². The van der Waals surface area contributed by atoms with Gasteiger partial charge >= 0.3 is 0 Å². The summed E-state index contributed by atoms with van der Waals surface area (Å²) in [7, 11) is 3.16. The molecule has 1 amide bonds. The van der Waals surface area contributed by atoms with E-state index in [0.29, 0.717) is 40.5 Å². The predicted octanol–water partition coefficient (Wildman–Crippen LogP) is 3.93. The van der Waals surface area contributed by atoms with Gasteiger partial charge in [0.05, 0.1) is 19.9 Å². The number of hydrogen-bond donors (Lipinski definition) is 0. The lowest BCUT2D eigenvalue weighted by molar-refractivity contribution is -0.117. The number of amides is 1. The molecule has 28 heavy (non-hydrogen) atoms. The van der Waals surface area contributed by atoms with E-state index >= 15 is 0 Å². The molecule has 1 saturated heterocycles. The van der Waals surface area contributed by atoms with Crippen LogP contribution in [0.25, 0.3) is 11.5 Å². The van der Waals surface area contributed by atoms with E-state index in [1.54, 1.807) is 37.3 Å². The molecule has 0 aliphatic carbocycles. The van der Waals surface area contributed by atoms with Crippen LogP contribution in [0.3, 0.4) is 0 Å². The van der Waals surface area contributed by atoms with Gasteiger partial charge in [-0.3, -0.25) is 4.79 Å². The minimum Gasteiger partial charge on any atom is -0.497 e. The quantitative estimate of drug-likeness (QED) is 0.647. The topological polar surface area (TPSA) is 77.7 Å². The number of rotatable bonds is 5. The maximum absolute atomic E-state index is 12.6. The Kier molecular flexibility index (Phi) is 4.92. The lowest BCUT2D eigenvalue weighted by atomic mass is 10.1. The van der Waals surface area contributed by atoms with Gasteiger partial charge in [0.15, 0.2) is 5.82 Å². The maximum atomic E-state index is 12.6. The fraction of sp³-hybridized carbons (Fsp3) is 0.250. The fourth-order valence-electron chi connectivity index (χ4n) is 3.26. The van der Waals surface area contributed by atoms with Gasteiger partial charge < -0.3 is 18.9 Å². The summed E-state index contributed by atoms with van der Waals surface area (Å²) in [6.07, 6.45) is 0.284. The molecule has 0 saturated carbocycles. The highest BCUT2D eigenvalue weighted by atomic mass is 35.5. The zero-order chi connectivity index (χ0) is 19.7. The molecule has 144 valence electrons. The van der Waals surface area contributed by atoms with Crippen LogP contribution in [0.5, 0.6) is 11.5 Å². The van der Waals surface area contributed by atoms with Gasteiger partial charge in [-0.05, 0) is 36.4 Å². The highest BCUT2D eigenvalue weighted by Crippen LogP contribution is 2.37. The molecule has 8 heteroatoms. The van der Waals surface area contributed by atoms with Gasteiger partial charge in [-0.1, -0.05) is 22.8 Å². The average molecular weight is 400 g/mol. The molecule has 0 radical (unpaired) electrons. The first-order chi connectivity index (χ1) is 13.6. The van der Waals surface area contributed by atoms with Crippen LogP contribution in [-0.2, 0) is 4.79 Å². The molecule has 1 aromatic heterocycles. The van der Waals surface area contributed by atoms with Crippen molar-refractivity contribution in [1.82, 2.24) is 10.1 Å². The van der Waals surface area contributed by atoms with Gasteiger partial charge in [0.1, 0.15) is 11.5 Å². The molecule has 0 spiro atoms. The van der Waals surface area contributed by atoms with E-state index < -0.39 is 0 Å². The monoisotopic (exact) mass is 399 g/mol. The molecule has 1 aliphatic heterocycles. The van der Waals surface area contributed by atoms with E-state index in [1.807, 2.05) is 24.3 Å². The lowest BCUT2D eigenvalue weighted by Gasteiger charge is -2.19. The second-order valence-corrected chi connectivity index (χ2v) is 6.85. The summed E-state index contributed by atoms with van der Waals surface area (Å²) in [4.78, 5) is 18.8. The Bertz CT molecular complexity index is 1020. The van der Waals surface area contributed by atoms with Crippen molar-refractivity contribution in [2.75, 3.05) is 25.7 Å². The minimum atomic E-state index is -0.181. The number of benzene rings is 2. The van der Waals surface area contributed by atoms with Crippen LogP contribution in [0.4, 0.5) is 5.69 Å². The normalized spacial score (nSPS) is 16.5. The Morgan fingerprint density at radius 2 is 2.04 bits per heavy atom. The molecule has 1 atom stereocenters. The molecule has 7 nitrogen and oxygen atoms in total. The first kappa shape index (κ1) is 18.3. The van der Waals surface area contributed by atoms with E-state index in [1.165, 1.54) is 0 Å². The summed E-state index contributed by atoms with van der Waals surface area (Å²) >= 11 is 6.11. The van der Waals surface area contributed by atoms with Crippen molar-refractivity contribution in [1.29, 1.82) is 0 Å². The third-order valence-corrected chi connectivity index (χ3v) is 4.92. The molecule has 1 unspecified atom stereocenters. The number of aromatic nitrogens is 2. The van der Waals surface area contributed by atoms with Crippen LogP contribution in [0.1, 0.15) is 18.2 Å². The van der Waals surface area contributed by atoms with Crippen LogP contribution in [0, 0.1) is 0 Å². The van der Waals surface area contributed by atoms with E-state index in [9.17, 15) is 4.79 Å². The van der Waals surface area contributed by atoms with Crippen molar-refractivity contribution < 1.29 is 18.8 Å². The highest BCUT2D eigenvalue weighted by molar-refractivity contribution is 6.31. The molecule has 2 heterocycles. The van der Waals surface area contributed by atoms with Crippen LogP contribution in [0.2, 0.25) is 5.02 Å². The molecule has 0 bridgehead atoms. The Hall–Kier alpha value is -3.06. The van der Waals surface area contributed by atoms with E-state index in [0.717, 1.165) is 5.56 Å². The van der Waals surface area contributed by atoms with Gasteiger partial charge in [0, 0.05) is 29.5 Å². The van der Waals surface area contributed by atoms with Crippen LogP contribution in [0.15, 0.2) is 47.0 Å². The molecule has 4 rings (SSSR count). The first-order valence-corrected chi connectivity index (χ1v) is 9.08. The molecule has 1 aliphatic rings. The Labute approximate surface area is 166 Å². The standard InChI is InChI=1S/C20H18ClN3O4/c1-26-15-5-3-4-12(8-15)20-22-19(23-28-20)13-9-18(25)24(11-13)16-10-14(21)6-7-17(16)27-2/h3-8,10,13H,9,11H2,1-2H3. The Balaban J connectivity index is 1.58. The number of anilines is 1. The number of hydrogen-bond acceptors (Lipinski definition) is 6. The summed E-state index contributed by atoms with van der Waals surface area (Å²) < 4.78 is 16.0. The SMILES string of the molecule is COc1cccc(-c2nc(C3CC(=O)N(c4cc(Cl)ccc4OC)C3)no2)c1. The number of carbonyl (C=O) groups is 1. The molecule has 0 N–H and O–H groups in total. The zero-order valence-corrected chi connectivity index (χ0v) is 16.1. The average Bonchev–Trinajstić information content (AvgIpc) is 3.35. The van der Waals surface area contributed by atoms with Gasteiger partial charge in [-0.2, -0.15) is 4.98 Å². The maximum Gasteiger partial charge on any atom is 0.258 e. The Morgan fingerprint density at radius 3 is 2.82 bits per heavy atom. The number of nitrogens with zero attached hydrogens (tertiary/aromatic N) is 3. The summed E-state index contributed by atoms with van der Waals surface area (Å²) in [5.41, 5.74) is 1.40. The fourth-order valence-corrected chi connectivity index (χ4v) is 3.43. The predicted molar refractivity (Wildman–Crippen MR) is 104 cm³/mol. The van der Waals surface area contributed by atoms with Gasteiger partial charge in [0.25, 0.3) is 5.89 Å². The first-order valence-electron chi connectivity index (χ1n) is 8.71. The number of halogens is 1. The molecular formula is C20H18ClN3O4. The number of ether oxygens (including phenoxy) is 2. The Morgan fingerprint density at radius 1 is 1.18 bits per heavy atom. The van der Waals surface area contributed by atoms with Crippen LogP contribution >= 0.6 is 11.6 Å². The van der Waals surface area contributed by atoms with Gasteiger partial charge in [-0.25, -0.2) is 0 Å². The zero-order valence-electron chi connectivity index (χ0n) is 15.4. The largest absolute Gasteiger partial charge is 0.497 e.